The highest BCUT2D eigenvalue weighted by atomic mass is 16.6. The van der Waals surface area contributed by atoms with Crippen molar-refractivity contribution in [3.8, 4) is 0 Å². The van der Waals surface area contributed by atoms with Gasteiger partial charge in [0.2, 0.25) is 0 Å². The molecule has 118 valence electrons. The van der Waals surface area contributed by atoms with Crippen LogP contribution in [0.3, 0.4) is 0 Å². The van der Waals surface area contributed by atoms with E-state index in [0.717, 1.165) is 11.1 Å². The topological polar surface area (TPSA) is 43.4 Å². The van der Waals surface area contributed by atoms with Crippen LogP contribution in [0.1, 0.15) is 46.6 Å². The summed E-state index contributed by atoms with van der Waals surface area (Å²) in [6.07, 6.45) is 0.831. The summed E-state index contributed by atoms with van der Waals surface area (Å²) in [6.45, 7) is 9.20. The van der Waals surface area contributed by atoms with Gasteiger partial charge in [0.05, 0.1) is 0 Å². The lowest BCUT2D eigenvalue weighted by atomic mass is 9.77. The van der Waals surface area contributed by atoms with Crippen LogP contribution in [-0.4, -0.2) is 17.4 Å². The zero-order valence-corrected chi connectivity index (χ0v) is 14.0. The fourth-order valence-electron chi connectivity index (χ4n) is 2.92. The summed E-state index contributed by atoms with van der Waals surface area (Å²) in [5, 5.41) is 0. The second-order valence-corrected chi connectivity index (χ2v) is 7.16. The third kappa shape index (κ3) is 3.13. The van der Waals surface area contributed by atoms with E-state index in [0.29, 0.717) is 18.4 Å². The minimum absolute atomic E-state index is 0.0943. The average Bonchev–Trinajstić information content (AvgIpc) is 2.64. The number of ketones is 1. The molecule has 2 rings (SSSR count). The number of Topliss-reactive ketones (excluding diaryl/α,β-unsaturated/α-hetero) is 1. The van der Waals surface area contributed by atoms with Gasteiger partial charge in [0.1, 0.15) is 11.0 Å². The van der Waals surface area contributed by atoms with Crippen molar-refractivity contribution in [2.24, 2.45) is 5.41 Å². The molecule has 3 nitrogen and oxygen atoms in total. The fourth-order valence-corrected chi connectivity index (χ4v) is 2.92. The van der Waals surface area contributed by atoms with Gasteiger partial charge in [-0.05, 0) is 58.6 Å². The van der Waals surface area contributed by atoms with Crippen LogP contribution in [0.5, 0.6) is 0 Å². The van der Waals surface area contributed by atoms with E-state index in [9.17, 15) is 9.59 Å². The molecule has 0 radical (unpaired) electrons. The Morgan fingerprint density at radius 2 is 1.77 bits per heavy atom. The van der Waals surface area contributed by atoms with Crippen molar-refractivity contribution in [3.63, 3.8) is 0 Å². The van der Waals surface area contributed by atoms with E-state index in [1.165, 1.54) is 0 Å². The molecule has 0 N–H and O–H groups in total. The minimum atomic E-state index is -1.11. The SMILES string of the molecule is CC1=C(C)C(=O)[C@@](Cc2ccccc2)(C(=O)OC(C)(C)C)C1. The van der Waals surface area contributed by atoms with Crippen molar-refractivity contribution in [2.45, 2.75) is 53.1 Å². The number of carbonyl (C=O) groups is 2. The molecule has 3 heteroatoms. The molecule has 0 saturated carbocycles. The van der Waals surface area contributed by atoms with Crippen LogP contribution in [-0.2, 0) is 20.7 Å². The van der Waals surface area contributed by atoms with Crippen molar-refractivity contribution < 1.29 is 14.3 Å². The monoisotopic (exact) mass is 300 g/mol. The first-order valence-electron chi connectivity index (χ1n) is 7.64. The zero-order valence-electron chi connectivity index (χ0n) is 14.0. The maximum atomic E-state index is 12.8. The van der Waals surface area contributed by atoms with E-state index < -0.39 is 17.0 Å². The quantitative estimate of drug-likeness (QED) is 0.629. The number of carbonyl (C=O) groups excluding carboxylic acids is 2. The van der Waals surface area contributed by atoms with Crippen molar-refractivity contribution in [3.05, 3.63) is 47.0 Å². The Morgan fingerprint density at radius 3 is 2.23 bits per heavy atom. The summed E-state index contributed by atoms with van der Waals surface area (Å²) >= 11 is 0. The summed E-state index contributed by atoms with van der Waals surface area (Å²) in [6, 6.07) is 9.66. The zero-order chi connectivity index (χ0) is 16.5. The van der Waals surface area contributed by atoms with Crippen LogP contribution < -0.4 is 0 Å². The maximum absolute atomic E-state index is 12.8. The Kier molecular flexibility index (Phi) is 4.28. The van der Waals surface area contributed by atoms with Crippen LogP contribution in [0.4, 0.5) is 0 Å². The van der Waals surface area contributed by atoms with E-state index in [4.69, 9.17) is 4.74 Å². The highest BCUT2D eigenvalue weighted by Gasteiger charge is 2.52. The molecule has 1 atom stereocenters. The minimum Gasteiger partial charge on any atom is -0.459 e. The van der Waals surface area contributed by atoms with Crippen molar-refractivity contribution in [1.82, 2.24) is 0 Å². The van der Waals surface area contributed by atoms with Crippen LogP contribution >= 0.6 is 0 Å². The first kappa shape index (κ1) is 16.5. The van der Waals surface area contributed by atoms with Gasteiger partial charge < -0.3 is 4.74 Å². The lowest BCUT2D eigenvalue weighted by Crippen LogP contribution is -2.43. The third-order valence-electron chi connectivity index (χ3n) is 4.12. The van der Waals surface area contributed by atoms with E-state index in [1.807, 2.05) is 58.0 Å². The van der Waals surface area contributed by atoms with E-state index in [2.05, 4.69) is 0 Å². The number of hydrogen-bond acceptors (Lipinski definition) is 3. The summed E-state index contributed by atoms with van der Waals surface area (Å²) < 4.78 is 5.58. The smallest absolute Gasteiger partial charge is 0.321 e. The van der Waals surface area contributed by atoms with Crippen molar-refractivity contribution in [1.29, 1.82) is 0 Å². The molecule has 1 aliphatic carbocycles. The lowest BCUT2D eigenvalue weighted by molar-refractivity contribution is -0.169. The molecule has 0 amide bonds. The molecule has 22 heavy (non-hydrogen) atoms. The van der Waals surface area contributed by atoms with Crippen LogP contribution in [0.15, 0.2) is 41.5 Å². The van der Waals surface area contributed by atoms with Gasteiger partial charge in [-0.2, -0.15) is 0 Å². The van der Waals surface area contributed by atoms with Gasteiger partial charge in [-0.1, -0.05) is 35.9 Å². The van der Waals surface area contributed by atoms with Crippen LogP contribution in [0, 0.1) is 5.41 Å². The fraction of sp³-hybridized carbons (Fsp3) is 0.474. The lowest BCUT2D eigenvalue weighted by Gasteiger charge is -2.30. The second-order valence-electron chi connectivity index (χ2n) is 7.16. The van der Waals surface area contributed by atoms with E-state index >= 15 is 0 Å². The first-order chi connectivity index (χ1) is 10.2. The highest BCUT2D eigenvalue weighted by Crippen LogP contribution is 2.43. The average molecular weight is 300 g/mol. The number of rotatable bonds is 3. The van der Waals surface area contributed by atoms with Crippen molar-refractivity contribution >= 4 is 11.8 Å². The van der Waals surface area contributed by atoms with Crippen LogP contribution in [0.2, 0.25) is 0 Å². The molecule has 0 fully saturated rings. The largest absolute Gasteiger partial charge is 0.459 e. The van der Waals surface area contributed by atoms with Gasteiger partial charge in [-0.3, -0.25) is 9.59 Å². The first-order valence-corrected chi connectivity index (χ1v) is 7.64. The van der Waals surface area contributed by atoms with Crippen LogP contribution in [0.25, 0.3) is 0 Å². The summed E-state index contributed by atoms with van der Waals surface area (Å²) in [5.74, 6) is -0.506. The van der Waals surface area contributed by atoms with Gasteiger partial charge >= 0.3 is 5.97 Å². The highest BCUT2D eigenvalue weighted by molar-refractivity contribution is 6.15. The molecular weight excluding hydrogens is 276 g/mol. The van der Waals surface area contributed by atoms with Gasteiger partial charge in [-0.25, -0.2) is 0 Å². The Labute approximate surface area is 132 Å². The Morgan fingerprint density at radius 1 is 1.18 bits per heavy atom. The standard InChI is InChI=1S/C19H24O3/c1-13-11-19(16(20)14(13)2,17(21)22-18(3,4)5)12-15-9-7-6-8-10-15/h6-10H,11-12H2,1-5H3/t19-/m1/s1. The normalized spacial score (nSPS) is 22.1. The molecule has 0 aliphatic heterocycles. The third-order valence-corrected chi connectivity index (χ3v) is 4.12. The molecule has 1 aromatic carbocycles. The molecule has 0 unspecified atom stereocenters. The number of ether oxygens (including phenoxy) is 1. The number of allylic oxidation sites excluding steroid dienone is 2. The molecule has 0 aromatic heterocycles. The predicted octanol–water partition coefficient (Wildman–Crippen LogP) is 3.87. The molecular formula is C19H24O3. The Hall–Kier alpha value is -1.90. The summed E-state index contributed by atoms with van der Waals surface area (Å²) in [5.41, 5.74) is 0.937. The number of esters is 1. The van der Waals surface area contributed by atoms with Gasteiger partial charge in [0.15, 0.2) is 5.78 Å². The van der Waals surface area contributed by atoms with E-state index in [-0.39, 0.29) is 5.78 Å². The van der Waals surface area contributed by atoms with Gasteiger partial charge in [-0.15, -0.1) is 0 Å². The van der Waals surface area contributed by atoms with E-state index in [1.54, 1.807) is 6.92 Å². The number of benzene rings is 1. The Bertz CT molecular complexity index is 620. The molecule has 1 aromatic rings. The van der Waals surface area contributed by atoms with Gasteiger partial charge in [0, 0.05) is 0 Å². The summed E-state index contributed by atoms with van der Waals surface area (Å²) in [4.78, 5) is 25.6. The predicted molar refractivity (Wildman–Crippen MR) is 86.4 cm³/mol. The van der Waals surface area contributed by atoms with Crippen molar-refractivity contribution in [2.75, 3.05) is 0 Å². The molecule has 0 saturated heterocycles. The maximum Gasteiger partial charge on any atom is 0.321 e. The number of hydrogen-bond donors (Lipinski definition) is 0. The molecule has 1 aliphatic rings. The second kappa shape index (κ2) is 5.71. The molecule has 0 spiro atoms. The molecule has 0 heterocycles. The van der Waals surface area contributed by atoms with Gasteiger partial charge in [0.25, 0.3) is 0 Å². The Balaban J connectivity index is 2.39. The molecule has 0 bridgehead atoms. The summed E-state index contributed by atoms with van der Waals surface area (Å²) in [7, 11) is 0.